The van der Waals surface area contributed by atoms with E-state index in [4.69, 9.17) is 9.47 Å². The Hall–Kier alpha value is -2.04. The van der Waals surface area contributed by atoms with Gasteiger partial charge in [0.15, 0.2) is 0 Å². The normalized spacial score (nSPS) is 16.2. The average Bonchev–Trinajstić information content (AvgIpc) is 3.03. The Bertz CT molecular complexity index is 718. The first-order valence-electron chi connectivity index (χ1n) is 14.9. The molecule has 5 nitrogen and oxygen atoms in total. The number of rotatable bonds is 20. The molecule has 0 spiro atoms. The van der Waals surface area contributed by atoms with E-state index >= 15 is 0 Å². The van der Waals surface area contributed by atoms with Crippen molar-refractivity contribution in [3.63, 3.8) is 0 Å². The van der Waals surface area contributed by atoms with E-state index in [1.54, 1.807) is 4.90 Å². The molecule has 1 aliphatic rings. The molecule has 1 aromatic carbocycles. The maximum atomic E-state index is 12.7. The minimum atomic E-state index is -0.639. The van der Waals surface area contributed by atoms with Crippen molar-refractivity contribution in [1.82, 2.24) is 4.90 Å². The number of unbranched alkanes of at least 4 members (excludes halogenated alkanes) is 14. The molecule has 1 unspecified atom stereocenters. The molecule has 0 saturated carbocycles. The molecule has 0 bridgehead atoms. The lowest BCUT2D eigenvalue weighted by Crippen LogP contribution is -2.35. The highest BCUT2D eigenvalue weighted by Gasteiger charge is 2.31. The second-order valence-electron chi connectivity index (χ2n) is 10.3. The maximum Gasteiger partial charge on any atom is 0.308 e. The number of benzene rings is 1. The molecule has 0 radical (unpaired) electrons. The molecule has 0 aliphatic carbocycles. The summed E-state index contributed by atoms with van der Waals surface area (Å²) < 4.78 is 11.6. The van der Waals surface area contributed by atoms with E-state index in [2.05, 4.69) is 13.8 Å². The van der Waals surface area contributed by atoms with Crippen LogP contribution in [0.3, 0.4) is 0 Å². The van der Waals surface area contributed by atoms with Crippen LogP contribution in [0.2, 0.25) is 0 Å². The summed E-state index contributed by atoms with van der Waals surface area (Å²) in [5.41, 5.74) is 0.826. The minimum Gasteiger partial charge on any atom is -0.494 e. The van der Waals surface area contributed by atoms with Crippen LogP contribution in [0.5, 0.6) is 5.75 Å². The Morgan fingerprint density at radius 2 is 1.25 bits per heavy atom. The van der Waals surface area contributed by atoms with Crippen molar-refractivity contribution in [2.75, 3.05) is 13.2 Å². The van der Waals surface area contributed by atoms with Gasteiger partial charge in [-0.3, -0.25) is 9.59 Å². The van der Waals surface area contributed by atoms with Gasteiger partial charge in [0, 0.05) is 18.5 Å². The zero-order valence-corrected chi connectivity index (χ0v) is 23.1. The van der Waals surface area contributed by atoms with Gasteiger partial charge in [-0.05, 0) is 37.1 Å². The number of carbonyl (C=O) groups is 2. The smallest absolute Gasteiger partial charge is 0.308 e. The van der Waals surface area contributed by atoms with Crippen molar-refractivity contribution in [3.05, 3.63) is 29.8 Å². The first kappa shape index (κ1) is 30.2. The van der Waals surface area contributed by atoms with Crippen molar-refractivity contribution >= 4 is 11.9 Å². The number of amides is 1. The SMILES string of the molecule is CCCCCCCCCCCCCCOc1ccc(C2OC(=O)CCC(=O)N2CCCCCC)cc1. The molecule has 1 amide bonds. The van der Waals surface area contributed by atoms with Crippen LogP contribution in [-0.4, -0.2) is 29.9 Å². The third-order valence-corrected chi connectivity index (χ3v) is 7.07. The van der Waals surface area contributed by atoms with Crippen LogP contribution in [0.4, 0.5) is 0 Å². The van der Waals surface area contributed by atoms with Crippen molar-refractivity contribution in [2.45, 2.75) is 136 Å². The van der Waals surface area contributed by atoms with Crippen LogP contribution >= 0.6 is 0 Å². The van der Waals surface area contributed by atoms with Gasteiger partial charge in [-0.1, -0.05) is 104 Å². The second-order valence-corrected chi connectivity index (χ2v) is 10.3. The predicted molar refractivity (Wildman–Crippen MR) is 147 cm³/mol. The zero-order valence-electron chi connectivity index (χ0n) is 23.1. The Morgan fingerprint density at radius 3 is 1.83 bits per heavy atom. The molecule has 0 aromatic heterocycles. The summed E-state index contributed by atoms with van der Waals surface area (Å²) >= 11 is 0. The summed E-state index contributed by atoms with van der Waals surface area (Å²) in [5.74, 6) is 0.508. The summed E-state index contributed by atoms with van der Waals surface area (Å²) in [7, 11) is 0. The summed E-state index contributed by atoms with van der Waals surface area (Å²) in [6.07, 6.45) is 20.0. The van der Waals surface area contributed by atoms with Crippen molar-refractivity contribution in [2.24, 2.45) is 0 Å². The zero-order chi connectivity index (χ0) is 25.8. The number of cyclic esters (lactones) is 1. The van der Waals surface area contributed by atoms with E-state index in [0.717, 1.165) is 50.0 Å². The average molecular weight is 502 g/mol. The quantitative estimate of drug-likeness (QED) is 0.133. The fourth-order valence-corrected chi connectivity index (χ4v) is 4.79. The summed E-state index contributed by atoms with van der Waals surface area (Å²) in [4.78, 5) is 26.6. The van der Waals surface area contributed by atoms with Gasteiger partial charge in [-0.25, -0.2) is 0 Å². The fraction of sp³-hybridized carbons (Fsp3) is 0.742. The summed E-state index contributed by atoms with van der Waals surface area (Å²) in [6.45, 7) is 5.78. The summed E-state index contributed by atoms with van der Waals surface area (Å²) in [5, 5.41) is 0. The molecule has 1 fully saturated rings. The molecular weight excluding hydrogens is 450 g/mol. The molecule has 1 saturated heterocycles. The van der Waals surface area contributed by atoms with Crippen molar-refractivity contribution in [3.8, 4) is 5.75 Å². The van der Waals surface area contributed by atoms with Gasteiger partial charge >= 0.3 is 5.97 Å². The van der Waals surface area contributed by atoms with E-state index in [9.17, 15) is 9.59 Å². The minimum absolute atomic E-state index is 0.00495. The largest absolute Gasteiger partial charge is 0.494 e. The highest BCUT2D eigenvalue weighted by molar-refractivity contribution is 5.83. The van der Waals surface area contributed by atoms with Gasteiger partial charge < -0.3 is 14.4 Å². The van der Waals surface area contributed by atoms with Crippen LogP contribution < -0.4 is 4.74 Å². The topological polar surface area (TPSA) is 55.8 Å². The molecule has 1 heterocycles. The molecule has 0 N–H and O–H groups in total. The molecule has 1 aliphatic heterocycles. The lowest BCUT2D eigenvalue weighted by atomic mass is 10.1. The van der Waals surface area contributed by atoms with E-state index in [-0.39, 0.29) is 24.7 Å². The predicted octanol–water partition coefficient (Wildman–Crippen LogP) is 8.51. The molecule has 204 valence electrons. The van der Waals surface area contributed by atoms with E-state index < -0.39 is 6.23 Å². The van der Waals surface area contributed by atoms with Crippen LogP contribution in [-0.2, 0) is 14.3 Å². The Morgan fingerprint density at radius 1 is 0.722 bits per heavy atom. The van der Waals surface area contributed by atoms with Crippen molar-refractivity contribution < 1.29 is 19.1 Å². The monoisotopic (exact) mass is 501 g/mol. The van der Waals surface area contributed by atoms with Crippen molar-refractivity contribution in [1.29, 1.82) is 0 Å². The third-order valence-electron chi connectivity index (χ3n) is 7.07. The highest BCUT2D eigenvalue weighted by atomic mass is 16.6. The maximum absolute atomic E-state index is 12.7. The lowest BCUT2D eigenvalue weighted by Gasteiger charge is -2.29. The van der Waals surface area contributed by atoms with Gasteiger partial charge in [0.05, 0.1) is 13.0 Å². The van der Waals surface area contributed by atoms with Gasteiger partial charge in [0.25, 0.3) is 0 Å². The first-order chi connectivity index (χ1) is 17.7. The molecule has 1 atom stereocenters. The molecule has 1 aromatic rings. The van der Waals surface area contributed by atoms with Gasteiger partial charge in [0.2, 0.25) is 12.1 Å². The van der Waals surface area contributed by atoms with Gasteiger partial charge in [0.1, 0.15) is 5.75 Å². The second kappa shape index (κ2) is 19.1. The first-order valence-corrected chi connectivity index (χ1v) is 14.9. The third kappa shape index (κ3) is 12.3. The number of nitrogens with zero attached hydrogens (tertiary/aromatic N) is 1. The Kier molecular flexibility index (Phi) is 16.0. The number of hydrogen-bond acceptors (Lipinski definition) is 4. The lowest BCUT2D eigenvalue weighted by molar-refractivity contribution is -0.160. The standard InChI is InChI=1S/C31H51NO4/c1-3-5-7-9-10-11-12-13-14-15-16-18-26-35-28-21-19-27(20-22-28)31-32(25-17-8-6-4-2)29(33)23-24-30(34)36-31/h19-22,31H,3-18,23-26H2,1-2H3. The Balaban J connectivity index is 1.67. The number of esters is 1. The number of ether oxygens (including phenoxy) is 2. The van der Waals surface area contributed by atoms with Crippen LogP contribution in [0.15, 0.2) is 24.3 Å². The molecular formula is C31H51NO4. The summed E-state index contributed by atoms with van der Waals surface area (Å²) in [6, 6.07) is 7.70. The number of hydrogen-bond donors (Lipinski definition) is 0. The van der Waals surface area contributed by atoms with E-state index in [0.29, 0.717) is 6.54 Å². The van der Waals surface area contributed by atoms with Crippen LogP contribution in [0, 0.1) is 0 Å². The van der Waals surface area contributed by atoms with E-state index in [1.807, 2.05) is 24.3 Å². The van der Waals surface area contributed by atoms with Gasteiger partial charge in [-0.15, -0.1) is 0 Å². The van der Waals surface area contributed by atoms with E-state index in [1.165, 1.54) is 70.6 Å². The molecule has 36 heavy (non-hydrogen) atoms. The number of carbonyl (C=O) groups excluding carboxylic acids is 2. The fourth-order valence-electron chi connectivity index (χ4n) is 4.79. The Labute approximate surface area is 220 Å². The van der Waals surface area contributed by atoms with Crippen LogP contribution in [0.1, 0.15) is 141 Å². The molecule has 5 heteroatoms. The van der Waals surface area contributed by atoms with Crippen LogP contribution in [0.25, 0.3) is 0 Å². The van der Waals surface area contributed by atoms with Gasteiger partial charge in [-0.2, -0.15) is 0 Å². The molecule has 2 rings (SSSR count). The highest BCUT2D eigenvalue weighted by Crippen LogP contribution is 2.29.